The van der Waals surface area contributed by atoms with Crippen molar-refractivity contribution in [3.05, 3.63) is 34.2 Å². The monoisotopic (exact) mass is 291 g/mol. The van der Waals surface area contributed by atoms with Crippen LogP contribution in [0, 0.1) is 0 Å². The molecule has 7 heteroatoms. The van der Waals surface area contributed by atoms with E-state index in [1.165, 1.54) is 22.8 Å². The van der Waals surface area contributed by atoms with Crippen molar-refractivity contribution in [3.8, 4) is 0 Å². The summed E-state index contributed by atoms with van der Waals surface area (Å²) in [4.78, 5) is 37.3. The van der Waals surface area contributed by atoms with Crippen LogP contribution in [0.5, 0.6) is 0 Å². The molecule has 1 aromatic heterocycles. The van der Waals surface area contributed by atoms with Gasteiger partial charge >= 0.3 is 11.7 Å². The van der Waals surface area contributed by atoms with Crippen LogP contribution in [0.4, 0.5) is 0 Å². The number of carbonyl (C=O) groups excluding carboxylic acids is 1. The zero-order valence-electron chi connectivity index (χ0n) is 12.1. The number of aromatic nitrogens is 2. The third-order valence-corrected chi connectivity index (χ3v) is 2.84. The molecule has 7 nitrogen and oxygen atoms in total. The van der Waals surface area contributed by atoms with E-state index in [0.717, 1.165) is 0 Å². The van der Waals surface area contributed by atoms with Crippen LogP contribution in [0.2, 0.25) is 0 Å². The molecule has 1 amide bonds. The maximum absolute atomic E-state index is 11.9. The fraction of sp³-hybridized carbons (Fsp3) is 0.357. The molecule has 0 aliphatic rings. The molecule has 1 aromatic carbocycles. The summed E-state index contributed by atoms with van der Waals surface area (Å²) in [6.45, 7) is 5.43. The maximum atomic E-state index is 11.9. The molecular weight excluding hydrogens is 274 g/mol. The average Bonchev–Trinajstić information content (AvgIpc) is 2.62. The number of carboxylic acid groups (broad SMARTS) is 1. The highest BCUT2D eigenvalue weighted by Gasteiger charge is 2.17. The Morgan fingerprint density at radius 3 is 2.57 bits per heavy atom. The SMILES string of the molecule is CC(C)(C)NC(=O)Cn1c(=O)[nH]c2cc(C(=O)O)ccc21. The van der Waals surface area contributed by atoms with Gasteiger partial charge in [0.2, 0.25) is 5.91 Å². The molecule has 0 bridgehead atoms. The predicted molar refractivity (Wildman–Crippen MR) is 77.4 cm³/mol. The van der Waals surface area contributed by atoms with Gasteiger partial charge in [-0.3, -0.25) is 9.36 Å². The summed E-state index contributed by atoms with van der Waals surface area (Å²) < 4.78 is 1.28. The second-order valence-electron chi connectivity index (χ2n) is 5.85. The summed E-state index contributed by atoms with van der Waals surface area (Å²) in [6, 6.07) is 4.29. The summed E-state index contributed by atoms with van der Waals surface area (Å²) in [6.07, 6.45) is 0. The van der Waals surface area contributed by atoms with Gasteiger partial charge < -0.3 is 15.4 Å². The Hall–Kier alpha value is -2.57. The number of hydrogen-bond acceptors (Lipinski definition) is 3. The van der Waals surface area contributed by atoms with E-state index in [4.69, 9.17) is 5.11 Å². The van der Waals surface area contributed by atoms with Crippen molar-refractivity contribution in [2.45, 2.75) is 32.9 Å². The first-order chi connectivity index (χ1) is 9.67. The molecule has 0 aliphatic heterocycles. The molecule has 0 saturated carbocycles. The number of nitrogens with zero attached hydrogens (tertiary/aromatic N) is 1. The minimum absolute atomic E-state index is 0.0787. The van der Waals surface area contributed by atoms with E-state index in [-0.39, 0.29) is 23.6 Å². The van der Waals surface area contributed by atoms with E-state index in [0.29, 0.717) is 11.0 Å². The van der Waals surface area contributed by atoms with E-state index in [1.54, 1.807) is 0 Å². The van der Waals surface area contributed by atoms with Crippen molar-refractivity contribution in [2.24, 2.45) is 0 Å². The van der Waals surface area contributed by atoms with Crippen molar-refractivity contribution in [2.75, 3.05) is 0 Å². The van der Waals surface area contributed by atoms with E-state index < -0.39 is 11.7 Å². The minimum Gasteiger partial charge on any atom is -0.478 e. The zero-order valence-corrected chi connectivity index (χ0v) is 12.1. The van der Waals surface area contributed by atoms with Crippen LogP contribution in [0.15, 0.2) is 23.0 Å². The molecule has 0 unspecified atom stereocenters. The van der Waals surface area contributed by atoms with Crippen molar-refractivity contribution in [1.29, 1.82) is 0 Å². The van der Waals surface area contributed by atoms with Crippen LogP contribution in [0.3, 0.4) is 0 Å². The second kappa shape index (κ2) is 5.08. The highest BCUT2D eigenvalue weighted by atomic mass is 16.4. The van der Waals surface area contributed by atoms with Crippen LogP contribution in [-0.4, -0.2) is 32.1 Å². The van der Waals surface area contributed by atoms with Crippen molar-refractivity contribution in [1.82, 2.24) is 14.9 Å². The lowest BCUT2D eigenvalue weighted by atomic mass is 10.1. The lowest BCUT2D eigenvalue weighted by molar-refractivity contribution is -0.123. The van der Waals surface area contributed by atoms with Crippen LogP contribution >= 0.6 is 0 Å². The molecule has 112 valence electrons. The van der Waals surface area contributed by atoms with Gasteiger partial charge in [0, 0.05) is 5.54 Å². The molecule has 1 heterocycles. The number of nitrogens with one attached hydrogen (secondary N) is 2. The number of carbonyl (C=O) groups is 2. The van der Waals surface area contributed by atoms with Gasteiger partial charge in [0.05, 0.1) is 16.6 Å². The number of carboxylic acids is 1. The van der Waals surface area contributed by atoms with E-state index >= 15 is 0 Å². The molecule has 2 rings (SSSR count). The summed E-state index contributed by atoms with van der Waals surface area (Å²) in [5.74, 6) is -1.36. The van der Waals surface area contributed by atoms with Gasteiger partial charge in [-0.2, -0.15) is 0 Å². The third-order valence-electron chi connectivity index (χ3n) is 2.84. The molecule has 0 spiro atoms. The van der Waals surface area contributed by atoms with Gasteiger partial charge in [-0.15, -0.1) is 0 Å². The number of amides is 1. The number of fused-ring (bicyclic) bond motifs is 1. The van der Waals surface area contributed by atoms with Gasteiger partial charge in [-0.25, -0.2) is 9.59 Å². The minimum atomic E-state index is -1.07. The molecule has 0 fully saturated rings. The molecule has 2 aromatic rings. The number of aromatic carboxylic acids is 1. The fourth-order valence-corrected chi connectivity index (χ4v) is 2.06. The predicted octanol–water partition coefficient (Wildman–Crippen LogP) is 0.942. The second-order valence-corrected chi connectivity index (χ2v) is 5.85. The summed E-state index contributed by atoms with van der Waals surface area (Å²) in [5, 5.41) is 11.7. The Morgan fingerprint density at radius 2 is 2.00 bits per heavy atom. The van der Waals surface area contributed by atoms with Gasteiger partial charge in [0.15, 0.2) is 0 Å². The summed E-state index contributed by atoms with van der Waals surface area (Å²) >= 11 is 0. The lowest BCUT2D eigenvalue weighted by Gasteiger charge is -2.20. The lowest BCUT2D eigenvalue weighted by Crippen LogP contribution is -2.43. The largest absolute Gasteiger partial charge is 0.478 e. The topological polar surface area (TPSA) is 104 Å². The van der Waals surface area contributed by atoms with Crippen molar-refractivity contribution in [3.63, 3.8) is 0 Å². The van der Waals surface area contributed by atoms with Crippen LogP contribution in [-0.2, 0) is 11.3 Å². The highest BCUT2D eigenvalue weighted by molar-refractivity contribution is 5.92. The maximum Gasteiger partial charge on any atom is 0.335 e. The first-order valence-electron chi connectivity index (χ1n) is 6.44. The number of rotatable bonds is 3. The number of aromatic amines is 1. The quantitative estimate of drug-likeness (QED) is 0.782. The molecule has 21 heavy (non-hydrogen) atoms. The summed E-state index contributed by atoms with van der Waals surface area (Å²) in [5.41, 5.74) is 0.132. The van der Waals surface area contributed by atoms with Crippen LogP contribution in [0.1, 0.15) is 31.1 Å². The van der Waals surface area contributed by atoms with Crippen LogP contribution in [0.25, 0.3) is 11.0 Å². The van der Waals surface area contributed by atoms with E-state index in [1.807, 2.05) is 20.8 Å². The molecule has 0 radical (unpaired) electrons. The fourth-order valence-electron chi connectivity index (χ4n) is 2.06. The van der Waals surface area contributed by atoms with Gasteiger partial charge in [-0.1, -0.05) is 0 Å². The normalized spacial score (nSPS) is 11.6. The Labute approximate surface area is 120 Å². The van der Waals surface area contributed by atoms with Crippen molar-refractivity contribution < 1.29 is 14.7 Å². The smallest absolute Gasteiger partial charge is 0.335 e. The number of imidazole rings is 1. The summed E-state index contributed by atoms with van der Waals surface area (Å²) in [7, 11) is 0. The van der Waals surface area contributed by atoms with Gasteiger partial charge in [0.25, 0.3) is 0 Å². The number of benzene rings is 1. The van der Waals surface area contributed by atoms with Crippen LogP contribution < -0.4 is 11.0 Å². The Morgan fingerprint density at radius 1 is 1.33 bits per heavy atom. The Balaban J connectivity index is 2.37. The van der Waals surface area contributed by atoms with Gasteiger partial charge in [-0.05, 0) is 39.0 Å². The van der Waals surface area contributed by atoms with Crippen molar-refractivity contribution >= 4 is 22.9 Å². The van der Waals surface area contributed by atoms with Gasteiger partial charge in [0.1, 0.15) is 6.54 Å². The number of hydrogen-bond donors (Lipinski definition) is 3. The average molecular weight is 291 g/mol. The van der Waals surface area contributed by atoms with E-state index in [9.17, 15) is 14.4 Å². The molecule has 3 N–H and O–H groups in total. The third kappa shape index (κ3) is 3.31. The molecule has 0 atom stereocenters. The van der Waals surface area contributed by atoms with E-state index in [2.05, 4.69) is 10.3 Å². The standard InChI is InChI=1S/C14H17N3O4/c1-14(2,3)16-11(18)7-17-10-5-4-8(12(19)20)6-9(10)15-13(17)21/h4-6H,7H2,1-3H3,(H,15,21)(H,16,18)(H,19,20). The Kier molecular flexibility index (Phi) is 3.59. The molecular formula is C14H17N3O4. The molecule has 0 aliphatic carbocycles. The number of H-pyrrole nitrogens is 1. The highest BCUT2D eigenvalue weighted by Crippen LogP contribution is 2.13. The molecule has 0 saturated heterocycles. The zero-order chi connectivity index (χ0) is 15.8. The first kappa shape index (κ1) is 14.8. The first-order valence-corrected chi connectivity index (χ1v) is 6.44. The Bertz CT molecular complexity index is 765.